The largest absolute Gasteiger partial charge is 0.358 e. The maximum absolute atomic E-state index is 13.3. The Morgan fingerprint density at radius 1 is 1.14 bits per heavy atom. The highest BCUT2D eigenvalue weighted by Gasteiger charge is 2.39. The Bertz CT molecular complexity index is 1180. The van der Waals surface area contributed by atoms with Crippen molar-refractivity contribution in [3.8, 4) is 0 Å². The normalized spacial score (nSPS) is 18.0. The topological polar surface area (TPSA) is 91.0 Å². The average molecular weight is 455 g/mol. The SMILES string of the molecule is Fc1cccc(NC2OC2Cc2cc(Nc3ncnc4cc(Br)ccc34)n[nH]2)c1. The molecule has 2 aromatic carbocycles. The van der Waals surface area contributed by atoms with E-state index in [1.54, 1.807) is 6.07 Å². The first kappa shape index (κ1) is 18.0. The summed E-state index contributed by atoms with van der Waals surface area (Å²) in [4.78, 5) is 8.61. The van der Waals surface area contributed by atoms with Crippen LogP contribution in [0.2, 0.25) is 0 Å². The minimum Gasteiger partial charge on any atom is -0.358 e. The van der Waals surface area contributed by atoms with Crippen LogP contribution in [0.3, 0.4) is 0 Å². The molecule has 0 spiro atoms. The molecule has 2 unspecified atom stereocenters. The first-order valence-corrected chi connectivity index (χ1v) is 9.82. The summed E-state index contributed by atoms with van der Waals surface area (Å²) in [5.41, 5.74) is 2.47. The van der Waals surface area contributed by atoms with E-state index in [1.807, 2.05) is 30.3 Å². The van der Waals surface area contributed by atoms with Crippen molar-refractivity contribution in [2.45, 2.75) is 18.8 Å². The fraction of sp³-hybridized carbons (Fsp3) is 0.150. The number of halogens is 2. The fourth-order valence-corrected chi connectivity index (χ4v) is 3.51. The van der Waals surface area contributed by atoms with Crippen LogP contribution in [0.5, 0.6) is 0 Å². The summed E-state index contributed by atoms with van der Waals surface area (Å²) in [6.07, 6.45) is 2.05. The molecule has 0 bridgehead atoms. The molecule has 1 aliphatic rings. The van der Waals surface area contributed by atoms with E-state index in [-0.39, 0.29) is 18.1 Å². The highest BCUT2D eigenvalue weighted by molar-refractivity contribution is 9.10. The summed E-state index contributed by atoms with van der Waals surface area (Å²) >= 11 is 3.45. The molecule has 4 aromatic rings. The fourth-order valence-electron chi connectivity index (χ4n) is 3.17. The molecule has 0 radical (unpaired) electrons. The van der Waals surface area contributed by atoms with Crippen molar-refractivity contribution in [1.29, 1.82) is 0 Å². The van der Waals surface area contributed by atoms with Gasteiger partial charge in [-0.2, -0.15) is 5.10 Å². The van der Waals surface area contributed by atoms with Gasteiger partial charge in [0, 0.05) is 33.7 Å². The second kappa shape index (κ2) is 7.41. The number of H-pyrrole nitrogens is 1. The number of nitrogens with one attached hydrogen (secondary N) is 3. The van der Waals surface area contributed by atoms with E-state index in [0.717, 1.165) is 21.1 Å². The molecule has 0 saturated carbocycles. The zero-order valence-corrected chi connectivity index (χ0v) is 16.6. The number of hydrogen-bond donors (Lipinski definition) is 3. The van der Waals surface area contributed by atoms with Gasteiger partial charge in [0.2, 0.25) is 0 Å². The van der Waals surface area contributed by atoms with Crippen molar-refractivity contribution >= 4 is 44.2 Å². The Kier molecular flexibility index (Phi) is 4.61. The number of nitrogens with zero attached hydrogens (tertiary/aromatic N) is 3. The van der Waals surface area contributed by atoms with Crippen LogP contribution in [0.25, 0.3) is 10.9 Å². The average Bonchev–Trinajstić information content (AvgIpc) is 3.25. The molecular weight excluding hydrogens is 439 g/mol. The van der Waals surface area contributed by atoms with Gasteiger partial charge in [0.1, 0.15) is 24.1 Å². The number of benzene rings is 2. The van der Waals surface area contributed by atoms with Crippen molar-refractivity contribution in [2.75, 3.05) is 10.6 Å². The molecule has 29 heavy (non-hydrogen) atoms. The Labute approximate surface area is 173 Å². The molecule has 7 nitrogen and oxygen atoms in total. The van der Waals surface area contributed by atoms with Gasteiger partial charge >= 0.3 is 0 Å². The quantitative estimate of drug-likeness (QED) is 0.374. The smallest absolute Gasteiger partial charge is 0.155 e. The van der Waals surface area contributed by atoms with E-state index in [1.165, 1.54) is 18.5 Å². The third-order valence-electron chi connectivity index (χ3n) is 4.61. The number of aromatic amines is 1. The van der Waals surface area contributed by atoms with Crippen molar-refractivity contribution in [3.05, 3.63) is 70.8 Å². The van der Waals surface area contributed by atoms with Gasteiger partial charge in [0.15, 0.2) is 12.0 Å². The Morgan fingerprint density at radius 3 is 2.97 bits per heavy atom. The molecular formula is C20H16BrFN6O. The third-order valence-corrected chi connectivity index (χ3v) is 5.11. The number of fused-ring (bicyclic) bond motifs is 1. The van der Waals surface area contributed by atoms with E-state index in [4.69, 9.17) is 4.74 Å². The van der Waals surface area contributed by atoms with Gasteiger partial charge in [-0.1, -0.05) is 22.0 Å². The zero-order chi connectivity index (χ0) is 19.8. The summed E-state index contributed by atoms with van der Waals surface area (Å²) in [6, 6.07) is 14.1. The molecule has 1 aliphatic heterocycles. The van der Waals surface area contributed by atoms with Crippen LogP contribution in [-0.2, 0) is 11.2 Å². The molecule has 2 atom stereocenters. The summed E-state index contributed by atoms with van der Waals surface area (Å²) < 4.78 is 19.9. The van der Waals surface area contributed by atoms with Gasteiger partial charge in [-0.05, 0) is 36.4 Å². The lowest BCUT2D eigenvalue weighted by atomic mass is 10.2. The van der Waals surface area contributed by atoms with Crippen molar-refractivity contribution in [2.24, 2.45) is 0 Å². The first-order valence-electron chi connectivity index (χ1n) is 9.03. The van der Waals surface area contributed by atoms with Crippen molar-refractivity contribution in [3.63, 3.8) is 0 Å². The number of ether oxygens (including phenoxy) is 1. The lowest BCUT2D eigenvalue weighted by Gasteiger charge is -2.05. The standard InChI is InChI=1S/C20H16BrFN6O/c21-11-4-5-15-16(6-11)23-10-24-19(15)26-18-9-14(27-28-18)8-17-20(29-17)25-13-3-1-2-12(22)7-13/h1-7,9-10,17,20,25H,8H2,(H2,23,24,26,27,28). The molecule has 1 fully saturated rings. The Hall–Kier alpha value is -3.04. The van der Waals surface area contributed by atoms with Crippen LogP contribution < -0.4 is 10.6 Å². The molecule has 5 rings (SSSR count). The summed E-state index contributed by atoms with van der Waals surface area (Å²) in [7, 11) is 0. The number of hydrogen-bond acceptors (Lipinski definition) is 6. The van der Waals surface area contributed by atoms with Gasteiger partial charge in [0.05, 0.1) is 5.52 Å². The summed E-state index contributed by atoms with van der Waals surface area (Å²) in [6.45, 7) is 0. The van der Waals surface area contributed by atoms with Crippen LogP contribution in [0.15, 0.2) is 59.3 Å². The molecule has 0 aliphatic carbocycles. The van der Waals surface area contributed by atoms with Gasteiger partial charge in [-0.15, -0.1) is 0 Å². The van der Waals surface area contributed by atoms with Gasteiger partial charge in [-0.3, -0.25) is 5.10 Å². The Balaban J connectivity index is 1.23. The molecule has 0 amide bonds. The second-order valence-electron chi connectivity index (χ2n) is 6.74. The Morgan fingerprint density at radius 2 is 2.07 bits per heavy atom. The summed E-state index contributed by atoms with van der Waals surface area (Å²) in [5.74, 6) is 1.08. The minimum absolute atomic E-state index is 0.00352. The van der Waals surface area contributed by atoms with Gasteiger partial charge in [-0.25, -0.2) is 14.4 Å². The van der Waals surface area contributed by atoms with Crippen LogP contribution in [0, 0.1) is 5.82 Å². The predicted molar refractivity (Wildman–Crippen MR) is 111 cm³/mol. The molecule has 9 heteroatoms. The van der Waals surface area contributed by atoms with Gasteiger partial charge in [0.25, 0.3) is 0 Å². The maximum Gasteiger partial charge on any atom is 0.155 e. The van der Waals surface area contributed by atoms with E-state index in [9.17, 15) is 4.39 Å². The number of rotatable bonds is 6. The monoisotopic (exact) mass is 454 g/mol. The molecule has 3 N–H and O–H groups in total. The summed E-state index contributed by atoms with van der Waals surface area (Å²) in [5, 5.41) is 14.6. The van der Waals surface area contributed by atoms with E-state index in [2.05, 4.69) is 46.7 Å². The lowest BCUT2D eigenvalue weighted by Crippen LogP contribution is -2.09. The van der Waals surface area contributed by atoms with E-state index in [0.29, 0.717) is 23.7 Å². The predicted octanol–water partition coefficient (Wildman–Crippen LogP) is 4.38. The van der Waals surface area contributed by atoms with Crippen molar-refractivity contribution in [1.82, 2.24) is 20.2 Å². The zero-order valence-electron chi connectivity index (χ0n) is 15.1. The highest BCUT2D eigenvalue weighted by Crippen LogP contribution is 2.29. The number of epoxide rings is 1. The maximum atomic E-state index is 13.3. The molecule has 1 saturated heterocycles. The second-order valence-corrected chi connectivity index (χ2v) is 7.66. The molecule has 2 aromatic heterocycles. The lowest BCUT2D eigenvalue weighted by molar-refractivity contribution is 0.380. The number of anilines is 3. The van der Waals surface area contributed by atoms with Crippen LogP contribution in [0.4, 0.5) is 21.7 Å². The van der Waals surface area contributed by atoms with E-state index >= 15 is 0 Å². The van der Waals surface area contributed by atoms with Crippen molar-refractivity contribution < 1.29 is 9.13 Å². The van der Waals surface area contributed by atoms with Crippen LogP contribution in [0.1, 0.15) is 5.69 Å². The molecule has 3 heterocycles. The van der Waals surface area contributed by atoms with E-state index < -0.39 is 0 Å². The first-order chi connectivity index (χ1) is 14.1. The van der Waals surface area contributed by atoms with Crippen LogP contribution >= 0.6 is 15.9 Å². The highest BCUT2D eigenvalue weighted by atomic mass is 79.9. The third kappa shape index (κ3) is 4.06. The molecule has 146 valence electrons. The van der Waals surface area contributed by atoms with Gasteiger partial charge < -0.3 is 15.4 Å². The van der Waals surface area contributed by atoms with Crippen LogP contribution in [-0.4, -0.2) is 32.5 Å². The number of aromatic nitrogens is 4. The minimum atomic E-state index is -0.277.